The third-order valence-corrected chi connectivity index (χ3v) is 6.19. The molecule has 1 aliphatic rings. The molecule has 3 aromatic rings. The van der Waals surface area contributed by atoms with Crippen LogP contribution in [0, 0.1) is 27.2 Å². The van der Waals surface area contributed by atoms with Gasteiger partial charge >= 0.3 is 11.7 Å². The highest BCUT2D eigenvalue weighted by molar-refractivity contribution is 9.10. The molecule has 0 radical (unpaired) electrons. The Kier molecular flexibility index (Phi) is 7.90. The summed E-state index contributed by atoms with van der Waals surface area (Å²) >= 11 is 3.32. The van der Waals surface area contributed by atoms with Crippen molar-refractivity contribution < 1.29 is 33.7 Å². The van der Waals surface area contributed by atoms with Gasteiger partial charge < -0.3 is 9.47 Å². The summed E-state index contributed by atoms with van der Waals surface area (Å²) in [6.07, 6.45) is 1.26. The number of hydrogen-bond acceptors (Lipinski definition) is 9. The lowest BCUT2D eigenvalue weighted by Crippen LogP contribution is -2.54. The van der Waals surface area contributed by atoms with Crippen LogP contribution in [-0.2, 0) is 9.59 Å². The van der Waals surface area contributed by atoms with E-state index in [4.69, 9.17) is 9.47 Å². The minimum absolute atomic E-state index is 0.0110. The Morgan fingerprint density at radius 3 is 2.30 bits per heavy atom. The lowest BCUT2D eigenvalue weighted by atomic mass is 10.1. The van der Waals surface area contributed by atoms with Crippen LogP contribution in [0.25, 0.3) is 6.08 Å². The molecule has 13 nitrogen and oxygen atoms in total. The molecule has 4 rings (SSSR count). The molecule has 204 valence electrons. The number of imide groups is 2. The minimum atomic E-state index is -0.894. The van der Waals surface area contributed by atoms with E-state index in [0.29, 0.717) is 5.56 Å². The van der Waals surface area contributed by atoms with E-state index in [1.54, 1.807) is 31.2 Å². The van der Waals surface area contributed by atoms with Gasteiger partial charge in [-0.3, -0.25) is 35.1 Å². The SMILES string of the molecule is CCOc1cc(/C=C2\C(=O)NC(=O)N(c3ccc(C)cc3)C2=O)cc(Br)c1Oc1ccc([N+](=O)[O-])cc1[N+](=O)[O-]. The Morgan fingerprint density at radius 1 is 0.975 bits per heavy atom. The first-order valence-electron chi connectivity index (χ1n) is 11.5. The first-order chi connectivity index (χ1) is 19.0. The van der Waals surface area contributed by atoms with Crippen LogP contribution in [0.15, 0.2) is 64.6 Å². The van der Waals surface area contributed by atoms with E-state index < -0.39 is 39.1 Å². The highest BCUT2D eigenvalue weighted by Gasteiger charge is 2.37. The summed E-state index contributed by atoms with van der Waals surface area (Å²) in [4.78, 5) is 60.1. The second-order valence-corrected chi connectivity index (χ2v) is 9.18. The quantitative estimate of drug-likeness (QED) is 0.151. The molecule has 0 spiro atoms. The first-order valence-corrected chi connectivity index (χ1v) is 12.3. The highest BCUT2D eigenvalue weighted by atomic mass is 79.9. The van der Waals surface area contributed by atoms with Gasteiger partial charge in [-0.05, 0) is 71.7 Å². The molecular weight excluding hydrogens is 592 g/mol. The maximum Gasteiger partial charge on any atom is 0.335 e. The number of aryl methyl sites for hydroxylation is 1. The summed E-state index contributed by atoms with van der Waals surface area (Å²) in [5.41, 5.74) is 0.0387. The predicted octanol–water partition coefficient (Wildman–Crippen LogP) is 5.43. The van der Waals surface area contributed by atoms with Crippen molar-refractivity contribution in [2.24, 2.45) is 0 Å². The molecule has 3 aromatic carbocycles. The number of nitro groups is 2. The summed E-state index contributed by atoms with van der Waals surface area (Å²) in [6.45, 7) is 3.68. The molecule has 14 heteroatoms. The van der Waals surface area contributed by atoms with Gasteiger partial charge in [0.05, 0.1) is 32.7 Å². The third-order valence-electron chi connectivity index (χ3n) is 5.60. The Morgan fingerprint density at radius 2 is 1.68 bits per heavy atom. The maximum atomic E-state index is 13.2. The first kappa shape index (κ1) is 27.9. The van der Waals surface area contributed by atoms with Gasteiger partial charge in [-0.15, -0.1) is 0 Å². The van der Waals surface area contributed by atoms with Crippen molar-refractivity contribution in [3.63, 3.8) is 0 Å². The molecule has 1 N–H and O–H groups in total. The molecule has 40 heavy (non-hydrogen) atoms. The topological polar surface area (TPSA) is 171 Å². The van der Waals surface area contributed by atoms with Crippen LogP contribution in [0.3, 0.4) is 0 Å². The Bertz CT molecular complexity index is 1600. The number of benzene rings is 3. The Balaban J connectivity index is 1.74. The zero-order valence-corrected chi connectivity index (χ0v) is 22.5. The number of carbonyl (C=O) groups excluding carboxylic acids is 3. The van der Waals surface area contributed by atoms with Gasteiger partial charge in [0.1, 0.15) is 5.57 Å². The van der Waals surface area contributed by atoms with Crippen molar-refractivity contribution in [2.45, 2.75) is 13.8 Å². The zero-order chi connectivity index (χ0) is 29.1. The summed E-state index contributed by atoms with van der Waals surface area (Å²) in [5.74, 6) is -1.91. The van der Waals surface area contributed by atoms with E-state index in [0.717, 1.165) is 28.7 Å². The van der Waals surface area contributed by atoms with Crippen LogP contribution in [0.4, 0.5) is 21.9 Å². The third kappa shape index (κ3) is 5.66. The van der Waals surface area contributed by atoms with Crippen molar-refractivity contribution in [2.75, 3.05) is 11.5 Å². The van der Waals surface area contributed by atoms with E-state index in [-0.39, 0.29) is 39.6 Å². The number of nitrogens with one attached hydrogen (secondary N) is 1. The fourth-order valence-corrected chi connectivity index (χ4v) is 4.28. The maximum absolute atomic E-state index is 13.2. The van der Waals surface area contributed by atoms with Crippen LogP contribution >= 0.6 is 15.9 Å². The summed E-state index contributed by atoms with van der Waals surface area (Å²) in [6, 6.07) is 11.5. The van der Waals surface area contributed by atoms with Gasteiger partial charge in [-0.1, -0.05) is 17.7 Å². The molecule has 4 amide bonds. The van der Waals surface area contributed by atoms with Gasteiger partial charge in [-0.25, -0.2) is 9.69 Å². The minimum Gasteiger partial charge on any atom is -0.490 e. The number of amides is 4. The smallest absolute Gasteiger partial charge is 0.335 e. The average molecular weight is 611 g/mol. The normalized spacial score (nSPS) is 14.2. The van der Waals surface area contributed by atoms with E-state index in [9.17, 15) is 34.6 Å². The second kappa shape index (κ2) is 11.3. The predicted molar refractivity (Wildman–Crippen MR) is 145 cm³/mol. The number of anilines is 1. The van der Waals surface area contributed by atoms with Crippen molar-refractivity contribution in [3.8, 4) is 17.2 Å². The lowest BCUT2D eigenvalue weighted by molar-refractivity contribution is -0.394. The number of urea groups is 1. The lowest BCUT2D eigenvalue weighted by Gasteiger charge is -2.26. The molecule has 0 aliphatic carbocycles. The molecular formula is C26H19BrN4O9. The number of nitrogens with zero attached hydrogens (tertiary/aromatic N) is 3. The van der Waals surface area contributed by atoms with Gasteiger partial charge in [0.2, 0.25) is 5.75 Å². The standard InChI is InChI=1S/C26H19BrN4O9/c1-3-39-22-12-15(10-18-24(32)28-26(34)29(25(18)33)16-6-4-14(2)5-7-16)11-19(27)23(22)40-21-9-8-17(30(35)36)13-20(21)31(37)38/h4-13H,3H2,1-2H3,(H,28,32,34)/b18-10+. The van der Waals surface area contributed by atoms with Crippen LogP contribution < -0.4 is 19.7 Å². The molecule has 0 saturated carbocycles. The molecule has 0 bridgehead atoms. The second-order valence-electron chi connectivity index (χ2n) is 8.32. The Hall–Kier alpha value is -5.11. The van der Waals surface area contributed by atoms with E-state index in [2.05, 4.69) is 21.2 Å². The number of carbonyl (C=O) groups is 3. The Labute approximate surface area is 234 Å². The molecule has 0 aromatic heterocycles. The number of non-ortho nitro benzene ring substituents is 1. The number of nitro benzene ring substituents is 2. The number of barbiturate groups is 1. The molecule has 1 fully saturated rings. The molecule has 1 heterocycles. The van der Waals surface area contributed by atoms with Gasteiger partial charge in [-0.2, -0.15) is 0 Å². The van der Waals surface area contributed by atoms with Crippen LogP contribution in [0.1, 0.15) is 18.1 Å². The van der Waals surface area contributed by atoms with Crippen molar-refractivity contribution >= 4 is 56.9 Å². The van der Waals surface area contributed by atoms with Crippen molar-refractivity contribution in [3.05, 3.63) is 96.0 Å². The molecule has 0 unspecified atom stereocenters. The monoisotopic (exact) mass is 610 g/mol. The van der Waals surface area contributed by atoms with Gasteiger partial charge in [0.25, 0.3) is 17.5 Å². The zero-order valence-electron chi connectivity index (χ0n) is 20.9. The van der Waals surface area contributed by atoms with Crippen LogP contribution in [0.2, 0.25) is 0 Å². The van der Waals surface area contributed by atoms with Crippen molar-refractivity contribution in [1.29, 1.82) is 0 Å². The summed E-state index contributed by atoms with van der Waals surface area (Å²) < 4.78 is 11.6. The van der Waals surface area contributed by atoms with E-state index in [1.165, 1.54) is 18.2 Å². The number of halogens is 1. The van der Waals surface area contributed by atoms with Gasteiger partial charge in [0.15, 0.2) is 11.5 Å². The number of ether oxygens (including phenoxy) is 2. The molecule has 1 saturated heterocycles. The largest absolute Gasteiger partial charge is 0.490 e. The van der Waals surface area contributed by atoms with Crippen LogP contribution in [0.5, 0.6) is 17.2 Å². The fourth-order valence-electron chi connectivity index (χ4n) is 3.74. The fraction of sp³-hybridized carbons (Fsp3) is 0.115. The average Bonchev–Trinajstić information content (AvgIpc) is 2.89. The molecule has 0 atom stereocenters. The number of hydrogen-bond donors (Lipinski definition) is 1. The number of rotatable bonds is 8. The van der Waals surface area contributed by atoms with Crippen LogP contribution in [-0.4, -0.2) is 34.3 Å². The summed E-state index contributed by atoms with van der Waals surface area (Å²) in [7, 11) is 0. The van der Waals surface area contributed by atoms with E-state index in [1.807, 2.05) is 6.92 Å². The molecule has 1 aliphatic heterocycles. The van der Waals surface area contributed by atoms with Crippen molar-refractivity contribution in [1.82, 2.24) is 5.32 Å². The van der Waals surface area contributed by atoms with E-state index >= 15 is 0 Å². The summed E-state index contributed by atoms with van der Waals surface area (Å²) in [5, 5.41) is 24.7. The van der Waals surface area contributed by atoms with Gasteiger partial charge in [0, 0.05) is 6.07 Å². The highest BCUT2D eigenvalue weighted by Crippen LogP contribution is 2.43.